The predicted octanol–water partition coefficient (Wildman–Crippen LogP) is 1.91. The van der Waals surface area contributed by atoms with Crippen molar-refractivity contribution < 1.29 is 14.1 Å². The van der Waals surface area contributed by atoms with E-state index in [0.29, 0.717) is 6.04 Å². The number of nitrogens with one attached hydrogen (secondary N) is 1. The van der Waals surface area contributed by atoms with Crippen LogP contribution < -0.4 is 5.32 Å². The molecule has 0 radical (unpaired) electrons. The van der Waals surface area contributed by atoms with E-state index >= 15 is 0 Å². The zero-order valence-electron chi connectivity index (χ0n) is 11.4. The number of rotatable bonds is 10. The Morgan fingerprint density at radius 1 is 1.33 bits per heavy atom. The van der Waals surface area contributed by atoms with Crippen LogP contribution in [0.3, 0.4) is 0 Å². The Bertz CT molecular complexity index is 286. The smallest absolute Gasteiger partial charge is 0.321 e. The molecule has 18 heavy (non-hydrogen) atoms. The molecule has 0 aliphatic heterocycles. The Labute approximate surface area is 112 Å². The van der Waals surface area contributed by atoms with Crippen LogP contribution in [0.5, 0.6) is 0 Å². The van der Waals surface area contributed by atoms with Gasteiger partial charge in [-0.25, -0.2) is 0 Å². The Morgan fingerprint density at radius 3 is 2.28 bits per heavy atom. The van der Waals surface area contributed by atoms with Gasteiger partial charge >= 0.3 is 5.97 Å². The molecule has 0 saturated heterocycles. The standard InChI is InChI=1S/C13H25NO3S/c1-3-5-11(6-4-2)18(17)9-12(13(15)16)14-10-7-8-10/h10-12,14H,3-9H2,1-2H3,(H,15,16). The molecule has 106 valence electrons. The second-order valence-electron chi connectivity index (χ2n) is 5.08. The van der Waals surface area contributed by atoms with Crippen molar-refractivity contribution in [1.29, 1.82) is 0 Å². The first kappa shape index (κ1) is 15.6. The lowest BCUT2D eigenvalue weighted by molar-refractivity contribution is -0.138. The van der Waals surface area contributed by atoms with E-state index in [9.17, 15) is 9.00 Å². The van der Waals surface area contributed by atoms with Gasteiger partial charge in [0.05, 0.1) is 0 Å². The van der Waals surface area contributed by atoms with E-state index in [1.165, 1.54) is 0 Å². The minimum absolute atomic E-state index is 0.155. The highest BCUT2D eigenvalue weighted by Crippen LogP contribution is 2.20. The second kappa shape index (κ2) is 7.89. The van der Waals surface area contributed by atoms with Gasteiger partial charge in [-0.1, -0.05) is 26.7 Å². The first-order valence-corrected chi connectivity index (χ1v) is 8.32. The van der Waals surface area contributed by atoms with Crippen molar-refractivity contribution in [3.8, 4) is 0 Å². The first-order valence-electron chi connectivity index (χ1n) is 6.94. The molecule has 1 aliphatic rings. The Balaban J connectivity index is 2.48. The van der Waals surface area contributed by atoms with Crippen molar-refractivity contribution in [3.05, 3.63) is 0 Å². The van der Waals surface area contributed by atoms with Crippen molar-refractivity contribution >= 4 is 16.8 Å². The largest absolute Gasteiger partial charge is 0.480 e. The van der Waals surface area contributed by atoms with Crippen LogP contribution in [0.1, 0.15) is 52.4 Å². The van der Waals surface area contributed by atoms with Gasteiger partial charge in [0.25, 0.3) is 0 Å². The summed E-state index contributed by atoms with van der Waals surface area (Å²) in [5, 5.41) is 12.4. The maximum atomic E-state index is 12.2. The molecule has 0 heterocycles. The van der Waals surface area contributed by atoms with Crippen molar-refractivity contribution in [2.75, 3.05) is 5.75 Å². The van der Waals surface area contributed by atoms with Crippen LogP contribution in [-0.2, 0) is 15.6 Å². The molecular weight excluding hydrogens is 250 g/mol. The van der Waals surface area contributed by atoms with E-state index in [4.69, 9.17) is 5.11 Å². The van der Waals surface area contributed by atoms with Gasteiger partial charge < -0.3 is 10.4 Å². The minimum atomic E-state index is -1.04. The fraction of sp³-hybridized carbons (Fsp3) is 0.923. The number of carboxylic acids is 1. The maximum absolute atomic E-state index is 12.2. The van der Waals surface area contributed by atoms with Gasteiger partial charge in [0, 0.05) is 27.8 Å². The van der Waals surface area contributed by atoms with E-state index in [2.05, 4.69) is 19.2 Å². The molecule has 0 aromatic heterocycles. The number of carboxylic acid groups (broad SMARTS) is 1. The monoisotopic (exact) mass is 275 g/mol. The van der Waals surface area contributed by atoms with E-state index in [-0.39, 0.29) is 11.0 Å². The summed E-state index contributed by atoms with van der Waals surface area (Å²) in [7, 11) is -1.04. The molecule has 4 nitrogen and oxygen atoms in total. The van der Waals surface area contributed by atoms with Crippen LogP contribution >= 0.6 is 0 Å². The Hall–Kier alpha value is -0.420. The van der Waals surface area contributed by atoms with E-state index in [0.717, 1.165) is 38.5 Å². The maximum Gasteiger partial charge on any atom is 0.321 e. The number of aliphatic carboxylic acids is 1. The highest BCUT2D eigenvalue weighted by molar-refractivity contribution is 7.85. The third-order valence-corrected chi connectivity index (χ3v) is 5.11. The predicted molar refractivity (Wildman–Crippen MR) is 74.2 cm³/mol. The summed E-state index contributed by atoms with van der Waals surface area (Å²) in [6.07, 6.45) is 5.95. The van der Waals surface area contributed by atoms with Crippen molar-refractivity contribution in [3.63, 3.8) is 0 Å². The number of hydrogen-bond acceptors (Lipinski definition) is 3. The van der Waals surface area contributed by atoms with Crippen LogP contribution in [0, 0.1) is 0 Å². The fourth-order valence-electron chi connectivity index (χ4n) is 2.08. The summed E-state index contributed by atoms with van der Waals surface area (Å²) in [6, 6.07) is -0.312. The number of carbonyl (C=O) groups is 1. The van der Waals surface area contributed by atoms with Crippen LogP contribution in [0.15, 0.2) is 0 Å². The van der Waals surface area contributed by atoms with Gasteiger partial charge in [0.2, 0.25) is 0 Å². The highest BCUT2D eigenvalue weighted by Gasteiger charge is 2.30. The molecule has 2 atom stereocenters. The summed E-state index contributed by atoms with van der Waals surface area (Å²) < 4.78 is 12.2. The number of hydrogen-bond donors (Lipinski definition) is 2. The summed E-state index contributed by atoms with van der Waals surface area (Å²) >= 11 is 0. The average molecular weight is 275 g/mol. The SMILES string of the molecule is CCCC(CCC)S(=O)CC(NC1CC1)C(=O)O. The van der Waals surface area contributed by atoms with Crippen LogP contribution in [0.4, 0.5) is 0 Å². The third kappa shape index (κ3) is 5.48. The van der Waals surface area contributed by atoms with Gasteiger partial charge in [0.15, 0.2) is 0 Å². The van der Waals surface area contributed by atoms with Gasteiger partial charge in [-0.05, 0) is 25.7 Å². The van der Waals surface area contributed by atoms with Crippen LogP contribution in [-0.4, -0.2) is 38.4 Å². The minimum Gasteiger partial charge on any atom is -0.480 e. The van der Waals surface area contributed by atoms with Gasteiger partial charge in [0.1, 0.15) is 6.04 Å². The molecule has 0 amide bonds. The third-order valence-electron chi connectivity index (χ3n) is 3.24. The van der Waals surface area contributed by atoms with Crippen molar-refractivity contribution in [1.82, 2.24) is 5.32 Å². The lowest BCUT2D eigenvalue weighted by Gasteiger charge is -2.19. The summed E-state index contributed by atoms with van der Waals surface area (Å²) in [5.41, 5.74) is 0. The summed E-state index contributed by atoms with van der Waals surface area (Å²) in [5.74, 6) is -0.627. The molecule has 0 bridgehead atoms. The van der Waals surface area contributed by atoms with Gasteiger partial charge in [-0.2, -0.15) is 0 Å². The summed E-state index contributed by atoms with van der Waals surface area (Å²) in [4.78, 5) is 11.1. The van der Waals surface area contributed by atoms with E-state index in [1.807, 2.05) is 0 Å². The molecule has 1 rings (SSSR count). The Kier molecular flexibility index (Phi) is 6.86. The molecule has 1 aliphatic carbocycles. The van der Waals surface area contributed by atoms with E-state index in [1.54, 1.807) is 0 Å². The van der Waals surface area contributed by atoms with Crippen LogP contribution in [0.2, 0.25) is 0 Å². The lowest BCUT2D eigenvalue weighted by Crippen LogP contribution is -2.43. The summed E-state index contributed by atoms with van der Waals surface area (Å²) in [6.45, 7) is 4.16. The topological polar surface area (TPSA) is 66.4 Å². The molecular formula is C13H25NO3S. The zero-order chi connectivity index (χ0) is 13.5. The molecule has 0 aromatic carbocycles. The fourth-order valence-corrected chi connectivity index (χ4v) is 3.91. The van der Waals surface area contributed by atoms with Crippen molar-refractivity contribution in [2.24, 2.45) is 0 Å². The molecule has 5 heteroatoms. The normalized spacial score (nSPS) is 18.8. The first-order chi connectivity index (χ1) is 8.58. The molecule has 1 saturated carbocycles. The molecule has 0 aromatic rings. The quantitative estimate of drug-likeness (QED) is 0.639. The lowest BCUT2D eigenvalue weighted by atomic mass is 10.2. The molecule has 0 spiro atoms. The molecule has 2 N–H and O–H groups in total. The Morgan fingerprint density at radius 2 is 1.89 bits per heavy atom. The van der Waals surface area contributed by atoms with Crippen LogP contribution in [0.25, 0.3) is 0 Å². The average Bonchev–Trinajstić information content (AvgIpc) is 3.11. The van der Waals surface area contributed by atoms with Gasteiger partial charge in [-0.3, -0.25) is 9.00 Å². The van der Waals surface area contributed by atoms with E-state index < -0.39 is 22.8 Å². The zero-order valence-corrected chi connectivity index (χ0v) is 12.2. The van der Waals surface area contributed by atoms with Gasteiger partial charge in [-0.15, -0.1) is 0 Å². The molecule has 2 unspecified atom stereocenters. The van der Waals surface area contributed by atoms with Crippen molar-refractivity contribution in [2.45, 2.75) is 69.7 Å². The highest BCUT2D eigenvalue weighted by atomic mass is 32.2. The second-order valence-corrected chi connectivity index (χ2v) is 6.84. The molecule has 1 fully saturated rings.